The molecule has 3 rings (SSSR count). The van der Waals surface area contributed by atoms with Crippen LogP contribution in [-0.4, -0.2) is 12.5 Å². The Morgan fingerprint density at radius 2 is 1.94 bits per heavy atom. The molecule has 0 atom stereocenters. The molecule has 0 radical (unpaired) electrons. The second-order valence-corrected chi connectivity index (χ2v) is 6.24. The highest BCUT2D eigenvalue weighted by molar-refractivity contribution is 9.10. The van der Waals surface area contributed by atoms with Gasteiger partial charge in [-0.1, -0.05) is 15.9 Å². The van der Waals surface area contributed by atoms with Crippen molar-refractivity contribution in [2.75, 3.05) is 6.54 Å². The fourth-order valence-electron chi connectivity index (χ4n) is 2.55. The Morgan fingerprint density at radius 1 is 1.29 bits per heavy atom. The van der Waals surface area contributed by atoms with Crippen molar-refractivity contribution in [3.63, 3.8) is 0 Å². The van der Waals surface area contributed by atoms with Crippen molar-refractivity contribution in [1.82, 2.24) is 5.32 Å². The van der Waals surface area contributed by atoms with Gasteiger partial charge in [-0.3, -0.25) is 4.79 Å². The van der Waals surface area contributed by atoms with E-state index in [4.69, 9.17) is 0 Å². The maximum Gasteiger partial charge on any atom is 0.251 e. The minimum Gasteiger partial charge on any atom is -0.351 e. The SMILES string of the molecule is O=C(NCC1(C2CC2)CC1)c1ccc(Br)cc1. The Morgan fingerprint density at radius 3 is 2.47 bits per heavy atom. The molecule has 2 nitrogen and oxygen atoms in total. The van der Waals surface area contributed by atoms with Crippen molar-refractivity contribution in [2.24, 2.45) is 11.3 Å². The van der Waals surface area contributed by atoms with E-state index in [1.165, 1.54) is 25.7 Å². The van der Waals surface area contributed by atoms with Crippen molar-refractivity contribution in [3.05, 3.63) is 34.3 Å². The Kier molecular flexibility index (Phi) is 2.74. The number of carbonyl (C=O) groups excluding carboxylic acids is 1. The van der Waals surface area contributed by atoms with E-state index in [-0.39, 0.29) is 5.91 Å². The molecule has 1 amide bonds. The fraction of sp³-hybridized carbons (Fsp3) is 0.500. The number of benzene rings is 1. The summed E-state index contributed by atoms with van der Waals surface area (Å²) >= 11 is 3.37. The first kappa shape index (κ1) is 11.3. The summed E-state index contributed by atoms with van der Waals surface area (Å²) in [4.78, 5) is 11.9. The lowest BCUT2D eigenvalue weighted by Crippen LogP contribution is -2.31. The summed E-state index contributed by atoms with van der Waals surface area (Å²) in [6.45, 7) is 0.868. The summed E-state index contributed by atoms with van der Waals surface area (Å²) in [7, 11) is 0. The topological polar surface area (TPSA) is 29.1 Å². The van der Waals surface area contributed by atoms with Crippen LogP contribution >= 0.6 is 15.9 Å². The highest BCUT2D eigenvalue weighted by atomic mass is 79.9. The van der Waals surface area contributed by atoms with Crippen LogP contribution in [0, 0.1) is 11.3 Å². The van der Waals surface area contributed by atoms with Gasteiger partial charge in [-0.05, 0) is 61.3 Å². The van der Waals surface area contributed by atoms with Gasteiger partial charge in [-0.2, -0.15) is 0 Å². The predicted octanol–water partition coefficient (Wildman–Crippen LogP) is 3.37. The number of nitrogens with one attached hydrogen (secondary N) is 1. The fourth-order valence-corrected chi connectivity index (χ4v) is 2.81. The van der Waals surface area contributed by atoms with E-state index < -0.39 is 0 Å². The zero-order valence-corrected chi connectivity index (χ0v) is 11.3. The Bertz CT molecular complexity index is 432. The van der Waals surface area contributed by atoms with E-state index in [9.17, 15) is 4.79 Å². The molecule has 1 aromatic rings. The van der Waals surface area contributed by atoms with E-state index in [0.29, 0.717) is 5.41 Å². The molecule has 0 saturated heterocycles. The zero-order valence-electron chi connectivity index (χ0n) is 9.71. The summed E-state index contributed by atoms with van der Waals surface area (Å²) < 4.78 is 1.01. The smallest absolute Gasteiger partial charge is 0.251 e. The Balaban J connectivity index is 1.58. The monoisotopic (exact) mass is 293 g/mol. The molecule has 0 aromatic heterocycles. The van der Waals surface area contributed by atoms with Gasteiger partial charge in [0.05, 0.1) is 0 Å². The standard InChI is InChI=1S/C14H16BrNO/c15-12-5-1-10(2-6-12)13(17)16-9-14(7-8-14)11-3-4-11/h1-2,5-6,11H,3-4,7-9H2,(H,16,17). The number of hydrogen-bond acceptors (Lipinski definition) is 1. The molecule has 2 aliphatic rings. The van der Waals surface area contributed by atoms with Gasteiger partial charge in [0.2, 0.25) is 0 Å². The molecule has 0 aliphatic heterocycles. The second-order valence-electron chi connectivity index (χ2n) is 5.33. The molecular formula is C14H16BrNO. The van der Waals surface area contributed by atoms with Crippen molar-refractivity contribution in [3.8, 4) is 0 Å². The van der Waals surface area contributed by atoms with Crippen LogP contribution in [0.5, 0.6) is 0 Å². The first-order chi connectivity index (χ1) is 8.20. The molecule has 0 heterocycles. The van der Waals surface area contributed by atoms with Crippen LogP contribution < -0.4 is 5.32 Å². The van der Waals surface area contributed by atoms with E-state index in [0.717, 1.165) is 22.5 Å². The van der Waals surface area contributed by atoms with Crippen LogP contribution in [-0.2, 0) is 0 Å². The first-order valence-electron chi connectivity index (χ1n) is 6.23. The van der Waals surface area contributed by atoms with Gasteiger partial charge in [-0.25, -0.2) is 0 Å². The van der Waals surface area contributed by atoms with E-state index >= 15 is 0 Å². The van der Waals surface area contributed by atoms with Crippen LogP contribution in [0.2, 0.25) is 0 Å². The van der Waals surface area contributed by atoms with Crippen LogP contribution in [0.3, 0.4) is 0 Å². The third-order valence-corrected chi connectivity index (χ3v) is 4.57. The van der Waals surface area contributed by atoms with Crippen molar-refractivity contribution in [1.29, 1.82) is 0 Å². The van der Waals surface area contributed by atoms with E-state index in [1.807, 2.05) is 24.3 Å². The van der Waals surface area contributed by atoms with E-state index in [2.05, 4.69) is 21.2 Å². The lowest BCUT2D eigenvalue weighted by molar-refractivity contribution is 0.0942. The number of amides is 1. The Labute approximate surface area is 110 Å². The van der Waals surface area contributed by atoms with Gasteiger partial charge in [0.1, 0.15) is 0 Å². The molecule has 2 saturated carbocycles. The summed E-state index contributed by atoms with van der Waals surface area (Å²) in [6, 6.07) is 7.53. The van der Waals surface area contributed by atoms with Gasteiger partial charge in [0.25, 0.3) is 5.91 Å². The molecule has 0 bridgehead atoms. The van der Waals surface area contributed by atoms with Crippen molar-refractivity contribution in [2.45, 2.75) is 25.7 Å². The molecule has 2 fully saturated rings. The highest BCUT2D eigenvalue weighted by Gasteiger charge is 2.53. The van der Waals surface area contributed by atoms with Crippen LogP contribution in [0.4, 0.5) is 0 Å². The third kappa shape index (κ3) is 2.39. The molecule has 1 aromatic carbocycles. The summed E-state index contributed by atoms with van der Waals surface area (Å²) in [5.41, 5.74) is 1.23. The van der Waals surface area contributed by atoms with E-state index in [1.54, 1.807) is 0 Å². The molecule has 0 unspecified atom stereocenters. The van der Waals surface area contributed by atoms with Gasteiger partial charge in [0, 0.05) is 16.6 Å². The van der Waals surface area contributed by atoms with Crippen molar-refractivity contribution >= 4 is 21.8 Å². The molecule has 1 N–H and O–H groups in total. The third-order valence-electron chi connectivity index (χ3n) is 4.04. The number of halogens is 1. The molecule has 2 aliphatic carbocycles. The molecule has 90 valence electrons. The van der Waals surface area contributed by atoms with Gasteiger partial charge in [-0.15, -0.1) is 0 Å². The number of hydrogen-bond donors (Lipinski definition) is 1. The van der Waals surface area contributed by atoms with Crippen LogP contribution in [0.1, 0.15) is 36.0 Å². The lowest BCUT2D eigenvalue weighted by Gasteiger charge is -2.14. The quantitative estimate of drug-likeness (QED) is 0.906. The average molecular weight is 294 g/mol. The number of carbonyl (C=O) groups is 1. The van der Waals surface area contributed by atoms with Gasteiger partial charge >= 0.3 is 0 Å². The van der Waals surface area contributed by atoms with Gasteiger partial charge < -0.3 is 5.32 Å². The second kappa shape index (κ2) is 4.13. The van der Waals surface area contributed by atoms with Crippen molar-refractivity contribution < 1.29 is 4.79 Å². The highest BCUT2D eigenvalue weighted by Crippen LogP contribution is 2.60. The number of rotatable bonds is 4. The lowest BCUT2D eigenvalue weighted by atomic mass is 10.0. The van der Waals surface area contributed by atoms with Crippen LogP contribution in [0.15, 0.2) is 28.7 Å². The average Bonchev–Trinajstić information content (AvgIpc) is 3.17. The molecular weight excluding hydrogens is 278 g/mol. The maximum atomic E-state index is 11.9. The maximum absolute atomic E-state index is 11.9. The first-order valence-corrected chi connectivity index (χ1v) is 7.03. The molecule has 17 heavy (non-hydrogen) atoms. The largest absolute Gasteiger partial charge is 0.351 e. The normalized spacial score (nSPS) is 21.0. The minimum atomic E-state index is 0.0597. The minimum absolute atomic E-state index is 0.0597. The molecule has 3 heteroatoms. The van der Waals surface area contributed by atoms with Gasteiger partial charge in [0.15, 0.2) is 0 Å². The Hall–Kier alpha value is -0.830. The summed E-state index contributed by atoms with van der Waals surface area (Å²) in [6.07, 6.45) is 5.35. The zero-order chi connectivity index (χ0) is 11.9. The molecule has 0 spiro atoms. The predicted molar refractivity (Wildman–Crippen MR) is 70.9 cm³/mol. The summed E-state index contributed by atoms with van der Waals surface area (Å²) in [5.74, 6) is 0.956. The summed E-state index contributed by atoms with van der Waals surface area (Å²) in [5, 5.41) is 3.09. The van der Waals surface area contributed by atoms with Crippen LogP contribution in [0.25, 0.3) is 0 Å².